The molecule has 0 saturated heterocycles. The van der Waals surface area contributed by atoms with Gasteiger partial charge in [-0.2, -0.15) is 0 Å². The minimum atomic E-state index is -0.417. The fourth-order valence-corrected chi connectivity index (χ4v) is 3.64. The van der Waals surface area contributed by atoms with Crippen LogP contribution >= 0.6 is 34.5 Å². The average molecular weight is 400 g/mol. The molecule has 1 heterocycles. The van der Waals surface area contributed by atoms with Crippen LogP contribution in [-0.4, -0.2) is 43.9 Å². The molecule has 1 atom stereocenters. The van der Waals surface area contributed by atoms with Gasteiger partial charge in [0.1, 0.15) is 0 Å². The summed E-state index contributed by atoms with van der Waals surface area (Å²) in [5.41, 5.74) is 0.281. The molecular weight excluding hydrogens is 381 g/mol. The zero-order valence-corrected chi connectivity index (χ0v) is 16.2. The highest BCUT2D eigenvalue weighted by Gasteiger charge is 2.17. The lowest BCUT2D eigenvalue weighted by Crippen LogP contribution is -2.40. The van der Waals surface area contributed by atoms with E-state index in [-0.39, 0.29) is 29.1 Å². The summed E-state index contributed by atoms with van der Waals surface area (Å²) in [5, 5.41) is 8.09. The number of benzene rings is 1. The van der Waals surface area contributed by atoms with Gasteiger partial charge in [-0.1, -0.05) is 29.3 Å². The van der Waals surface area contributed by atoms with E-state index in [0.29, 0.717) is 11.6 Å². The summed E-state index contributed by atoms with van der Waals surface area (Å²) < 4.78 is 0. The van der Waals surface area contributed by atoms with E-state index in [4.69, 9.17) is 23.2 Å². The van der Waals surface area contributed by atoms with Gasteiger partial charge >= 0.3 is 0 Å². The quantitative estimate of drug-likeness (QED) is 0.751. The van der Waals surface area contributed by atoms with E-state index in [1.54, 1.807) is 17.4 Å². The number of hydrogen-bond donors (Lipinski definition) is 2. The topological polar surface area (TPSA) is 61.4 Å². The zero-order valence-electron chi connectivity index (χ0n) is 13.9. The van der Waals surface area contributed by atoms with Crippen LogP contribution in [0.5, 0.6) is 0 Å². The fraction of sp³-hybridized carbons (Fsp3) is 0.294. The molecule has 0 radical (unpaired) electrons. The van der Waals surface area contributed by atoms with Gasteiger partial charge in [-0.3, -0.25) is 9.59 Å². The SMILES string of the molecule is CN(C)C(CNC(=O)CNC(=O)c1ccc(Cl)cc1Cl)c1cccs1. The largest absolute Gasteiger partial charge is 0.353 e. The molecule has 134 valence electrons. The molecule has 5 nitrogen and oxygen atoms in total. The number of likely N-dealkylation sites (N-methyl/N-ethyl adjacent to an activating group) is 1. The van der Waals surface area contributed by atoms with Crippen molar-refractivity contribution in [1.29, 1.82) is 0 Å². The van der Waals surface area contributed by atoms with Crippen LogP contribution in [0.1, 0.15) is 21.3 Å². The molecule has 2 rings (SSSR count). The van der Waals surface area contributed by atoms with Crippen molar-refractivity contribution in [3.8, 4) is 0 Å². The van der Waals surface area contributed by atoms with Gasteiger partial charge in [-0.05, 0) is 43.7 Å². The van der Waals surface area contributed by atoms with Gasteiger partial charge in [0.15, 0.2) is 0 Å². The van der Waals surface area contributed by atoms with Gasteiger partial charge in [0, 0.05) is 16.4 Å². The lowest BCUT2D eigenvalue weighted by molar-refractivity contribution is -0.120. The Labute approximate surface area is 160 Å². The summed E-state index contributed by atoms with van der Waals surface area (Å²) >= 11 is 13.4. The Balaban J connectivity index is 1.85. The van der Waals surface area contributed by atoms with E-state index < -0.39 is 5.91 Å². The Morgan fingerprint density at radius 1 is 1.20 bits per heavy atom. The number of thiophene rings is 1. The van der Waals surface area contributed by atoms with Crippen LogP contribution in [0, 0.1) is 0 Å². The van der Waals surface area contributed by atoms with Crippen molar-refractivity contribution in [2.45, 2.75) is 6.04 Å². The van der Waals surface area contributed by atoms with E-state index in [0.717, 1.165) is 0 Å². The third-order valence-corrected chi connectivity index (χ3v) is 5.09. The molecule has 1 aromatic carbocycles. The third kappa shape index (κ3) is 5.71. The van der Waals surface area contributed by atoms with Gasteiger partial charge in [-0.15, -0.1) is 11.3 Å². The van der Waals surface area contributed by atoms with Crippen molar-refractivity contribution in [2.75, 3.05) is 27.2 Å². The molecule has 0 saturated carbocycles. The molecule has 8 heteroatoms. The van der Waals surface area contributed by atoms with E-state index in [1.165, 1.54) is 17.0 Å². The summed E-state index contributed by atoms with van der Waals surface area (Å²) in [6.45, 7) is 0.340. The summed E-state index contributed by atoms with van der Waals surface area (Å²) in [4.78, 5) is 27.3. The normalized spacial score (nSPS) is 12.0. The Kier molecular flexibility index (Phi) is 7.25. The monoisotopic (exact) mass is 399 g/mol. The Bertz CT molecular complexity index is 735. The Hall–Kier alpha value is -1.60. The Morgan fingerprint density at radius 2 is 1.96 bits per heavy atom. The van der Waals surface area contributed by atoms with Crippen LogP contribution in [0.25, 0.3) is 0 Å². The number of halogens is 2. The molecule has 0 bridgehead atoms. The standard InChI is InChI=1S/C17H19Cl2N3O2S/c1-22(2)14(15-4-3-7-25-15)9-20-16(23)10-21-17(24)12-6-5-11(18)8-13(12)19/h3-8,14H,9-10H2,1-2H3,(H,20,23)(H,21,24). The second kappa shape index (κ2) is 9.20. The van der Waals surface area contributed by atoms with Crippen LogP contribution in [0.2, 0.25) is 10.0 Å². The van der Waals surface area contributed by atoms with Crippen LogP contribution in [-0.2, 0) is 4.79 Å². The third-order valence-electron chi connectivity index (χ3n) is 3.57. The van der Waals surface area contributed by atoms with Gasteiger partial charge in [0.2, 0.25) is 5.91 Å². The predicted molar refractivity (Wildman–Crippen MR) is 103 cm³/mol. The minimum Gasteiger partial charge on any atom is -0.353 e. The number of hydrogen-bond acceptors (Lipinski definition) is 4. The van der Waals surface area contributed by atoms with Crippen LogP contribution in [0.3, 0.4) is 0 Å². The number of carbonyl (C=O) groups is 2. The number of nitrogens with zero attached hydrogens (tertiary/aromatic N) is 1. The highest BCUT2D eigenvalue weighted by Crippen LogP contribution is 2.22. The van der Waals surface area contributed by atoms with Crippen LogP contribution in [0.15, 0.2) is 35.7 Å². The minimum absolute atomic E-state index is 0.0883. The number of rotatable bonds is 7. The van der Waals surface area contributed by atoms with Crippen LogP contribution < -0.4 is 10.6 Å². The highest BCUT2D eigenvalue weighted by atomic mass is 35.5. The molecule has 0 aliphatic heterocycles. The maximum atomic E-state index is 12.1. The van der Waals surface area contributed by atoms with E-state index >= 15 is 0 Å². The van der Waals surface area contributed by atoms with Crippen molar-refractivity contribution in [3.63, 3.8) is 0 Å². The maximum absolute atomic E-state index is 12.1. The van der Waals surface area contributed by atoms with Crippen molar-refractivity contribution in [2.24, 2.45) is 0 Å². The number of nitrogens with one attached hydrogen (secondary N) is 2. The zero-order chi connectivity index (χ0) is 18.4. The second-order valence-corrected chi connectivity index (χ2v) is 7.43. The summed E-state index contributed by atoms with van der Waals surface area (Å²) in [6.07, 6.45) is 0. The summed E-state index contributed by atoms with van der Waals surface area (Å²) in [5.74, 6) is -0.680. The molecule has 0 fully saturated rings. The smallest absolute Gasteiger partial charge is 0.253 e. The molecule has 1 unspecified atom stereocenters. The first kappa shape index (κ1) is 19.7. The molecule has 2 aromatic rings. The summed E-state index contributed by atoms with van der Waals surface area (Å²) in [6, 6.07) is 8.69. The first-order valence-corrected chi connectivity index (χ1v) is 9.22. The average Bonchev–Trinajstić information content (AvgIpc) is 3.06. The first-order chi connectivity index (χ1) is 11.9. The molecule has 0 spiro atoms. The predicted octanol–water partition coefficient (Wildman–Crippen LogP) is 3.20. The molecule has 1 aromatic heterocycles. The van der Waals surface area contributed by atoms with Gasteiger partial charge in [-0.25, -0.2) is 0 Å². The van der Waals surface area contributed by atoms with E-state index in [1.807, 2.05) is 36.5 Å². The Morgan fingerprint density at radius 3 is 2.56 bits per heavy atom. The lowest BCUT2D eigenvalue weighted by atomic mass is 10.2. The first-order valence-electron chi connectivity index (χ1n) is 7.58. The molecule has 2 N–H and O–H groups in total. The number of carbonyl (C=O) groups excluding carboxylic acids is 2. The van der Waals surface area contributed by atoms with Gasteiger partial charge in [0.25, 0.3) is 5.91 Å². The van der Waals surface area contributed by atoms with Crippen molar-refractivity contribution < 1.29 is 9.59 Å². The molecule has 2 amide bonds. The van der Waals surface area contributed by atoms with Crippen molar-refractivity contribution in [1.82, 2.24) is 15.5 Å². The van der Waals surface area contributed by atoms with Crippen LogP contribution in [0.4, 0.5) is 0 Å². The van der Waals surface area contributed by atoms with E-state index in [2.05, 4.69) is 10.6 Å². The van der Waals surface area contributed by atoms with Crippen molar-refractivity contribution >= 4 is 46.4 Å². The summed E-state index contributed by atoms with van der Waals surface area (Å²) in [7, 11) is 3.92. The van der Waals surface area contributed by atoms with Gasteiger partial charge in [0.05, 0.1) is 23.2 Å². The second-order valence-electron chi connectivity index (χ2n) is 5.61. The molecule has 0 aliphatic rings. The van der Waals surface area contributed by atoms with E-state index in [9.17, 15) is 9.59 Å². The van der Waals surface area contributed by atoms with Gasteiger partial charge < -0.3 is 15.5 Å². The molecule has 0 aliphatic carbocycles. The lowest BCUT2D eigenvalue weighted by Gasteiger charge is -2.23. The highest BCUT2D eigenvalue weighted by molar-refractivity contribution is 7.10. The molecule has 25 heavy (non-hydrogen) atoms. The fourth-order valence-electron chi connectivity index (χ4n) is 2.22. The maximum Gasteiger partial charge on any atom is 0.253 e. The molecular formula is C17H19Cl2N3O2S. The van der Waals surface area contributed by atoms with Crippen molar-refractivity contribution in [3.05, 3.63) is 56.2 Å². The number of amides is 2.